The number of nitrogens with two attached hydrogens (primary N) is 2. The second-order valence-corrected chi connectivity index (χ2v) is 5.40. The van der Waals surface area contributed by atoms with Crippen molar-refractivity contribution in [2.45, 2.75) is 26.3 Å². The fourth-order valence-electron chi connectivity index (χ4n) is 2.26. The van der Waals surface area contributed by atoms with Gasteiger partial charge in [0.15, 0.2) is 0 Å². The highest BCUT2D eigenvalue weighted by atomic mass is 16.5. The van der Waals surface area contributed by atoms with Crippen LogP contribution in [0.4, 0.5) is 4.79 Å². The van der Waals surface area contributed by atoms with E-state index in [2.05, 4.69) is 0 Å². The number of benzene rings is 1. The van der Waals surface area contributed by atoms with Gasteiger partial charge in [0.2, 0.25) is 5.91 Å². The lowest BCUT2D eigenvalue weighted by Gasteiger charge is -2.25. The molecule has 0 bridgehead atoms. The molecule has 1 unspecified atom stereocenters. The highest BCUT2D eigenvalue weighted by molar-refractivity contribution is 5.93. The van der Waals surface area contributed by atoms with E-state index < -0.39 is 12.0 Å². The minimum Gasteiger partial charge on any atom is -0.448 e. The minimum atomic E-state index is -0.778. The van der Waals surface area contributed by atoms with Crippen LogP contribution in [-0.4, -0.2) is 43.6 Å². The summed E-state index contributed by atoms with van der Waals surface area (Å²) >= 11 is 0. The van der Waals surface area contributed by atoms with Gasteiger partial charge in [-0.05, 0) is 63.2 Å². The van der Waals surface area contributed by atoms with Crippen LogP contribution in [0.5, 0.6) is 0 Å². The monoisotopic (exact) mass is 293 g/mol. The van der Waals surface area contributed by atoms with Crippen LogP contribution < -0.4 is 11.5 Å². The van der Waals surface area contributed by atoms with Gasteiger partial charge in [0.05, 0.1) is 0 Å². The molecule has 0 aliphatic carbocycles. The smallest absolute Gasteiger partial charge is 0.404 e. The highest BCUT2D eigenvalue weighted by Crippen LogP contribution is 2.19. The summed E-state index contributed by atoms with van der Waals surface area (Å²) in [5.41, 5.74) is 13.9. The molecule has 1 atom stereocenters. The maximum Gasteiger partial charge on any atom is 0.404 e. The number of rotatable bonds is 6. The van der Waals surface area contributed by atoms with E-state index in [0.29, 0.717) is 12.0 Å². The average molecular weight is 293 g/mol. The van der Waals surface area contributed by atoms with Crippen LogP contribution in [0.1, 0.15) is 27.0 Å². The highest BCUT2D eigenvalue weighted by Gasteiger charge is 2.17. The molecule has 0 aliphatic rings. The topological polar surface area (TPSA) is 98.6 Å². The third kappa shape index (κ3) is 4.75. The summed E-state index contributed by atoms with van der Waals surface area (Å²) in [5, 5.41) is 0. The van der Waals surface area contributed by atoms with Gasteiger partial charge in [0.1, 0.15) is 6.61 Å². The van der Waals surface area contributed by atoms with Crippen molar-refractivity contribution in [3.05, 3.63) is 34.4 Å². The Morgan fingerprint density at radius 2 is 1.71 bits per heavy atom. The Balaban J connectivity index is 2.98. The number of aryl methyl sites for hydroxylation is 2. The van der Waals surface area contributed by atoms with E-state index in [-0.39, 0.29) is 12.6 Å². The summed E-state index contributed by atoms with van der Waals surface area (Å²) < 4.78 is 4.90. The Bertz CT molecular complexity index is 518. The van der Waals surface area contributed by atoms with E-state index in [4.69, 9.17) is 16.2 Å². The van der Waals surface area contributed by atoms with E-state index >= 15 is 0 Å². The quantitative estimate of drug-likeness (QED) is 0.816. The van der Waals surface area contributed by atoms with Crippen LogP contribution in [0, 0.1) is 13.8 Å². The lowest BCUT2D eigenvalue weighted by molar-refractivity contribution is 0.0999. The molecule has 21 heavy (non-hydrogen) atoms. The molecule has 0 saturated heterocycles. The first-order valence-corrected chi connectivity index (χ1v) is 6.71. The number of nitrogens with zero attached hydrogens (tertiary/aromatic N) is 1. The van der Waals surface area contributed by atoms with Gasteiger partial charge in [-0.1, -0.05) is 0 Å². The first-order chi connectivity index (χ1) is 9.72. The zero-order valence-electron chi connectivity index (χ0n) is 13.0. The second kappa shape index (κ2) is 7.08. The maximum atomic E-state index is 11.3. The fourth-order valence-corrected chi connectivity index (χ4v) is 2.26. The predicted octanol–water partition coefficient (Wildman–Crippen LogP) is 0.970. The zero-order valence-corrected chi connectivity index (χ0v) is 13.0. The van der Waals surface area contributed by atoms with Crippen LogP contribution in [0.25, 0.3) is 0 Å². The molecule has 1 aromatic rings. The zero-order chi connectivity index (χ0) is 16.2. The number of primary amides is 2. The van der Waals surface area contributed by atoms with Crippen LogP contribution in [0.3, 0.4) is 0 Å². The molecule has 0 saturated carbocycles. The standard InChI is InChI=1S/C15H23N3O3/c1-9-5-11(14(16)19)6-10(2)13(9)7-12(18(3)4)8-21-15(17)20/h5-6,12H,7-8H2,1-4H3,(H2,16,19)(H2,17,20). The Kier molecular flexibility index (Phi) is 5.72. The van der Waals surface area contributed by atoms with Gasteiger partial charge >= 0.3 is 6.09 Å². The van der Waals surface area contributed by atoms with Gasteiger partial charge in [0, 0.05) is 11.6 Å². The van der Waals surface area contributed by atoms with Crippen molar-refractivity contribution < 1.29 is 14.3 Å². The molecule has 4 N–H and O–H groups in total. The number of carbonyl (C=O) groups is 2. The summed E-state index contributed by atoms with van der Waals surface area (Å²) in [6.07, 6.45) is -0.0869. The maximum absolute atomic E-state index is 11.3. The van der Waals surface area contributed by atoms with Crippen molar-refractivity contribution in [1.82, 2.24) is 4.90 Å². The normalized spacial score (nSPS) is 12.2. The summed E-state index contributed by atoms with van der Waals surface area (Å²) in [6.45, 7) is 4.10. The van der Waals surface area contributed by atoms with E-state index in [1.165, 1.54) is 0 Å². The molecule has 0 aliphatic heterocycles. The third-order valence-electron chi connectivity index (χ3n) is 3.57. The number of hydrogen-bond donors (Lipinski definition) is 2. The Labute approximate surface area is 125 Å². The lowest BCUT2D eigenvalue weighted by atomic mass is 9.93. The molecular formula is C15H23N3O3. The molecule has 1 rings (SSSR count). The van der Waals surface area contributed by atoms with Crippen molar-refractivity contribution in [2.24, 2.45) is 11.5 Å². The van der Waals surface area contributed by atoms with Crippen molar-refractivity contribution in [2.75, 3.05) is 20.7 Å². The number of amides is 2. The molecule has 0 heterocycles. The Morgan fingerprint density at radius 1 is 1.19 bits per heavy atom. The SMILES string of the molecule is Cc1cc(C(N)=O)cc(C)c1CC(COC(N)=O)N(C)C. The van der Waals surface area contributed by atoms with Gasteiger partial charge < -0.3 is 21.1 Å². The summed E-state index contributed by atoms with van der Waals surface area (Å²) in [4.78, 5) is 24.0. The molecule has 0 aromatic heterocycles. The van der Waals surface area contributed by atoms with E-state index in [0.717, 1.165) is 16.7 Å². The van der Waals surface area contributed by atoms with E-state index in [1.54, 1.807) is 12.1 Å². The van der Waals surface area contributed by atoms with E-state index in [1.807, 2.05) is 32.8 Å². The van der Waals surface area contributed by atoms with Crippen LogP contribution >= 0.6 is 0 Å². The molecular weight excluding hydrogens is 270 g/mol. The summed E-state index contributed by atoms with van der Waals surface area (Å²) in [5.74, 6) is -0.436. The molecule has 0 fully saturated rings. The molecule has 2 amide bonds. The summed E-state index contributed by atoms with van der Waals surface area (Å²) in [6, 6.07) is 3.58. The van der Waals surface area contributed by atoms with Crippen LogP contribution in [0.15, 0.2) is 12.1 Å². The molecule has 0 radical (unpaired) electrons. The number of carbonyl (C=O) groups excluding carboxylic acids is 2. The number of likely N-dealkylation sites (N-methyl/N-ethyl adjacent to an activating group) is 1. The second-order valence-electron chi connectivity index (χ2n) is 5.40. The molecule has 6 heteroatoms. The largest absolute Gasteiger partial charge is 0.448 e. The molecule has 1 aromatic carbocycles. The molecule has 6 nitrogen and oxygen atoms in total. The molecule has 0 spiro atoms. The van der Waals surface area contributed by atoms with E-state index in [9.17, 15) is 9.59 Å². The number of ether oxygens (including phenoxy) is 1. The van der Waals surface area contributed by atoms with Crippen molar-refractivity contribution in [1.29, 1.82) is 0 Å². The van der Waals surface area contributed by atoms with Gasteiger partial charge in [-0.3, -0.25) is 4.79 Å². The van der Waals surface area contributed by atoms with Crippen LogP contribution in [-0.2, 0) is 11.2 Å². The third-order valence-corrected chi connectivity index (χ3v) is 3.57. The lowest BCUT2D eigenvalue weighted by Crippen LogP contribution is -2.36. The Morgan fingerprint density at radius 3 is 2.10 bits per heavy atom. The Hall–Kier alpha value is -2.08. The van der Waals surface area contributed by atoms with Crippen molar-refractivity contribution in [3.8, 4) is 0 Å². The van der Waals surface area contributed by atoms with Crippen molar-refractivity contribution >= 4 is 12.0 Å². The van der Waals surface area contributed by atoms with Gasteiger partial charge in [-0.25, -0.2) is 4.79 Å². The van der Waals surface area contributed by atoms with Crippen molar-refractivity contribution in [3.63, 3.8) is 0 Å². The number of hydrogen-bond acceptors (Lipinski definition) is 4. The first kappa shape index (κ1) is 17.0. The predicted molar refractivity (Wildman–Crippen MR) is 81.1 cm³/mol. The van der Waals surface area contributed by atoms with Gasteiger partial charge in [-0.2, -0.15) is 0 Å². The first-order valence-electron chi connectivity index (χ1n) is 6.71. The van der Waals surface area contributed by atoms with Gasteiger partial charge in [0.25, 0.3) is 0 Å². The minimum absolute atomic E-state index is 0.00864. The molecule has 116 valence electrons. The van der Waals surface area contributed by atoms with Gasteiger partial charge in [-0.15, -0.1) is 0 Å². The fraction of sp³-hybridized carbons (Fsp3) is 0.467. The average Bonchev–Trinajstić information content (AvgIpc) is 2.35. The van der Waals surface area contributed by atoms with Crippen LogP contribution in [0.2, 0.25) is 0 Å². The summed E-state index contributed by atoms with van der Waals surface area (Å²) in [7, 11) is 3.83.